The van der Waals surface area contributed by atoms with E-state index in [2.05, 4.69) is 5.32 Å². The average molecular weight is 527 g/mol. The third kappa shape index (κ3) is 4.55. The topological polar surface area (TPSA) is 109 Å². The first kappa shape index (κ1) is 24.6. The number of nitrogens with one attached hydrogen (secondary N) is 1. The minimum Gasteiger partial charge on any atom is -0.496 e. The van der Waals surface area contributed by atoms with Crippen molar-refractivity contribution in [1.29, 1.82) is 0 Å². The van der Waals surface area contributed by atoms with Crippen molar-refractivity contribution in [1.82, 2.24) is 10.2 Å². The van der Waals surface area contributed by atoms with Crippen molar-refractivity contribution in [2.75, 3.05) is 7.11 Å². The standard InChI is InChI=1S/C26H26N2O6S2/c1-13(25(31)32)27-23(29)18-11-16(5-7-21(18)33-2)20-8-6-17(34-20)12-22-24(30)28(26(35)36-22)19-10-14-3-4-15(19)9-14/h5-8,11-15,19H,3-4,9-10H2,1-2H3,(H,27,29)(H,31,32)/b22-12-/t13-,14?,15?,19?/m0/s1. The van der Waals surface area contributed by atoms with Crippen molar-refractivity contribution in [3.05, 3.63) is 46.6 Å². The Morgan fingerprint density at radius 2 is 2.08 bits per heavy atom. The van der Waals surface area contributed by atoms with Gasteiger partial charge in [-0.05, 0) is 68.4 Å². The number of carboxylic acids is 1. The Bertz CT molecular complexity index is 1280. The minimum absolute atomic E-state index is 0.0588. The van der Waals surface area contributed by atoms with Crippen molar-refractivity contribution in [3.8, 4) is 17.1 Å². The number of ether oxygens (including phenoxy) is 1. The lowest BCUT2D eigenvalue weighted by Gasteiger charge is -2.30. The highest BCUT2D eigenvalue weighted by Gasteiger charge is 2.48. The lowest BCUT2D eigenvalue weighted by Crippen LogP contribution is -2.41. The molecule has 5 rings (SSSR count). The number of rotatable bonds is 7. The number of carboxylic acid groups (broad SMARTS) is 1. The largest absolute Gasteiger partial charge is 0.496 e. The fourth-order valence-electron chi connectivity index (χ4n) is 5.38. The van der Waals surface area contributed by atoms with Gasteiger partial charge >= 0.3 is 5.97 Å². The number of fused-ring (bicyclic) bond motifs is 2. The number of carbonyl (C=O) groups excluding carboxylic acids is 2. The van der Waals surface area contributed by atoms with E-state index in [1.165, 1.54) is 45.1 Å². The average Bonchev–Trinajstić information content (AvgIpc) is 3.64. The zero-order chi connectivity index (χ0) is 25.6. The second-order valence-corrected chi connectivity index (χ2v) is 11.1. The van der Waals surface area contributed by atoms with Gasteiger partial charge in [0.05, 0.1) is 17.6 Å². The second-order valence-electron chi connectivity index (χ2n) is 9.44. The summed E-state index contributed by atoms with van der Waals surface area (Å²) < 4.78 is 11.9. The summed E-state index contributed by atoms with van der Waals surface area (Å²) in [5.74, 6) is 0.797. The number of carbonyl (C=O) groups is 3. The van der Waals surface area contributed by atoms with Gasteiger partial charge in [0.2, 0.25) is 0 Å². The van der Waals surface area contributed by atoms with Crippen LogP contribution in [0.4, 0.5) is 0 Å². The molecule has 2 saturated carbocycles. The first-order chi connectivity index (χ1) is 17.2. The van der Waals surface area contributed by atoms with Gasteiger partial charge in [0.25, 0.3) is 11.8 Å². The van der Waals surface area contributed by atoms with E-state index in [4.69, 9.17) is 26.5 Å². The van der Waals surface area contributed by atoms with Crippen molar-refractivity contribution >= 4 is 52.2 Å². The molecule has 0 radical (unpaired) electrons. The van der Waals surface area contributed by atoms with Crippen molar-refractivity contribution in [2.24, 2.45) is 11.8 Å². The predicted octanol–water partition coefficient (Wildman–Crippen LogP) is 4.55. The van der Waals surface area contributed by atoms with Crippen LogP contribution < -0.4 is 10.1 Å². The smallest absolute Gasteiger partial charge is 0.325 e. The first-order valence-electron chi connectivity index (χ1n) is 11.8. The van der Waals surface area contributed by atoms with Crippen LogP contribution in [0.15, 0.2) is 39.7 Å². The van der Waals surface area contributed by atoms with Gasteiger partial charge in [-0.1, -0.05) is 30.4 Å². The molecular weight excluding hydrogens is 500 g/mol. The van der Waals surface area contributed by atoms with Crippen LogP contribution in [0.3, 0.4) is 0 Å². The maximum absolute atomic E-state index is 13.2. The van der Waals surface area contributed by atoms with Crippen molar-refractivity contribution in [2.45, 2.75) is 44.7 Å². The summed E-state index contributed by atoms with van der Waals surface area (Å²) in [4.78, 5) is 39.3. The summed E-state index contributed by atoms with van der Waals surface area (Å²) in [6.45, 7) is 1.38. The van der Waals surface area contributed by atoms with Crippen LogP contribution in [0.2, 0.25) is 0 Å². The number of nitrogens with zero attached hydrogens (tertiary/aromatic N) is 1. The van der Waals surface area contributed by atoms with Gasteiger partial charge in [0.1, 0.15) is 27.6 Å². The molecule has 4 atom stereocenters. The fourth-order valence-corrected chi connectivity index (χ4v) is 6.74. The van der Waals surface area contributed by atoms with Gasteiger partial charge in [-0.2, -0.15) is 0 Å². The molecule has 0 spiro atoms. The summed E-state index contributed by atoms with van der Waals surface area (Å²) >= 11 is 6.87. The molecule has 2 amide bonds. The van der Waals surface area contributed by atoms with E-state index in [0.29, 0.717) is 43.9 Å². The number of thioether (sulfide) groups is 1. The zero-order valence-corrected chi connectivity index (χ0v) is 21.5. The number of amides is 2. The van der Waals surface area contributed by atoms with Gasteiger partial charge in [-0.25, -0.2) is 0 Å². The highest BCUT2D eigenvalue weighted by atomic mass is 32.2. The molecule has 3 unspecified atom stereocenters. The van der Waals surface area contributed by atoms with Crippen LogP contribution in [0.25, 0.3) is 17.4 Å². The van der Waals surface area contributed by atoms with E-state index in [-0.39, 0.29) is 17.5 Å². The molecule has 8 nitrogen and oxygen atoms in total. The van der Waals surface area contributed by atoms with E-state index >= 15 is 0 Å². The van der Waals surface area contributed by atoms with E-state index in [1.54, 1.807) is 36.4 Å². The van der Waals surface area contributed by atoms with Gasteiger partial charge < -0.3 is 19.6 Å². The van der Waals surface area contributed by atoms with Crippen LogP contribution in [0.5, 0.6) is 5.75 Å². The zero-order valence-electron chi connectivity index (χ0n) is 19.9. The van der Waals surface area contributed by atoms with Crippen molar-refractivity contribution in [3.63, 3.8) is 0 Å². The number of thiocarbonyl (C=S) groups is 1. The molecule has 2 heterocycles. The summed E-state index contributed by atoms with van der Waals surface area (Å²) in [5.41, 5.74) is 0.797. The first-order valence-corrected chi connectivity index (χ1v) is 13.1. The van der Waals surface area contributed by atoms with E-state index in [9.17, 15) is 14.4 Å². The van der Waals surface area contributed by atoms with E-state index < -0.39 is 17.9 Å². The Hall–Kier alpha value is -3.11. The van der Waals surface area contributed by atoms with Crippen LogP contribution >= 0.6 is 24.0 Å². The molecule has 2 N–H and O–H groups in total. The second kappa shape index (κ2) is 9.74. The van der Waals surface area contributed by atoms with Crippen molar-refractivity contribution < 1.29 is 28.6 Å². The predicted molar refractivity (Wildman–Crippen MR) is 140 cm³/mol. The molecule has 3 aliphatic rings. The Labute approximate surface area is 218 Å². The molecule has 1 aliphatic heterocycles. The highest BCUT2D eigenvalue weighted by Crippen LogP contribution is 2.49. The number of hydrogen-bond acceptors (Lipinski definition) is 7. The molecule has 36 heavy (non-hydrogen) atoms. The van der Waals surface area contributed by atoms with Gasteiger partial charge in [-0.3, -0.25) is 19.3 Å². The number of methoxy groups -OCH3 is 1. The van der Waals surface area contributed by atoms with Gasteiger partial charge in [0, 0.05) is 17.7 Å². The molecule has 188 valence electrons. The number of benzene rings is 1. The monoisotopic (exact) mass is 526 g/mol. The lowest BCUT2D eigenvalue weighted by molar-refractivity contribution is -0.138. The lowest BCUT2D eigenvalue weighted by atomic mass is 9.94. The van der Waals surface area contributed by atoms with Crippen LogP contribution in [0, 0.1) is 11.8 Å². The van der Waals surface area contributed by atoms with Crippen LogP contribution in [-0.4, -0.2) is 51.3 Å². The quantitative estimate of drug-likeness (QED) is 0.400. The molecular formula is C26H26N2O6S2. The van der Waals surface area contributed by atoms with Crippen LogP contribution in [-0.2, 0) is 9.59 Å². The number of aliphatic carboxylic acids is 1. The Kier molecular flexibility index (Phi) is 6.65. The molecule has 1 aromatic carbocycles. The minimum atomic E-state index is -1.14. The maximum Gasteiger partial charge on any atom is 0.325 e. The van der Waals surface area contributed by atoms with E-state index in [1.807, 2.05) is 4.90 Å². The fraction of sp³-hybridized carbons (Fsp3) is 0.385. The third-order valence-electron chi connectivity index (χ3n) is 7.20. The molecule has 1 aromatic heterocycles. The SMILES string of the molecule is COc1ccc(-c2ccc(/C=C3\SC(=S)N(C4CC5CCC4C5)C3=O)o2)cc1C(=O)N[C@@H](C)C(=O)O. The maximum atomic E-state index is 13.2. The Balaban J connectivity index is 1.36. The number of hydrogen-bond donors (Lipinski definition) is 2. The van der Waals surface area contributed by atoms with E-state index in [0.717, 1.165) is 6.42 Å². The summed E-state index contributed by atoms with van der Waals surface area (Å²) in [7, 11) is 1.43. The van der Waals surface area contributed by atoms with Gasteiger partial charge in [-0.15, -0.1) is 0 Å². The summed E-state index contributed by atoms with van der Waals surface area (Å²) in [5, 5.41) is 11.5. The Morgan fingerprint density at radius 3 is 2.75 bits per heavy atom. The molecule has 2 aromatic rings. The Morgan fingerprint density at radius 1 is 1.28 bits per heavy atom. The summed E-state index contributed by atoms with van der Waals surface area (Å²) in [6, 6.07) is 7.62. The van der Waals surface area contributed by atoms with Crippen LogP contribution in [0.1, 0.15) is 48.7 Å². The molecule has 1 saturated heterocycles. The normalized spacial score (nSPS) is 25.0. The number of furan rings is 1. The highest BCUT2D eigenvalue weighted by molar-refractivity contribution is 8.26. The van der Waals surface area contributed by atoms with Gasteiger partial charge in [0.15, 0.2) is 0 Å². The molecule has 10 heteroatoms. The molecule has 3 fully saturated rings. The summed E-state index contributed by atoms with van der Waals surface area (Å²) in [6.07, 6.45) is 6.37. The third-order valence-corrected chi connectivity index (χ3v) is 8.53. The molecule has 2 aliphatic carbocycles. The molecule has 2 bridgehead atoms.